The summed E-state index contributed by atoms with van der Waals surface area (Å²) < 4.78 is 5.75. The van der Waals surface area contributed by atoms with E-state index in [2.05, 4.69) is 10.3 Å². The standard InChI is InChI=1S/C15H17N3O2/c16-9-1-3-11-8(5-9)6-13(17-11)15(19)18-12-7-10-2-4-14(12)20-10/h1,3,5-6,10,12,14,17H,2,4,7,16H2,(H,18,19). The second-order valence-electron chi connectivity index (χ2n) is 5.72. The zero-order valence-electron chi connectivity index (χ0n) is 11.1. The van der Waals surface area contributed by atoms with E-state index in [0.29, 0.717) is 17.5 Å². The molecule has 3 heterocycles. The molecule has 2 aliphatic heterocycles. The van der Waals surface area contributed by atoms with Crippen LogP contribution in [-0.4, -0.2) is 29.1 Å². The fourth-order valence-electron chi connectivity index (χ4n) is 3.31. The summed E-state index contributed by atoms with van der Waals surface area (Å²) in [5.74, 6) is -0.0686. The minimum atomic E-state index is -0.0686. The van der Waals surface area contributed by atoms with Crippen LogP contribution >= 0.6 is 0 Å². The summed E-state index contributed by atoms with van der Waals surface area (Å²) in [7, 11) is 0. The number of hydrogen-bond donors (Lipinski definition) is 3. The van der Waals surface area contributed by atoms with Crippen molar-refractivity contribution in [1.29, 1.82) is 0 Å². The molecule has 3 atom stereocenters. The van der Waals surface area contributed by atoms with Crippen LogP contribution < -0.4 is 11.1 Å². The van der Waals surface area contributed by atoms with Crippen molar-refractivity contribution in [2.24, 2.45) is 0 Å². The maximum atomic E-state index is 12.3. The molecule has 2 fully saturated rings. The number of aromatic nitrogens is 1. The van der Waals surface area contributed by atoms with E-state index in [1.54, 1.807) is 0 Å². The SMILES string of the molecule is Nc1ccc2[nH]c(C(=O)NC3CC4CCC3O4)cc2c1. The van der Waals surface area contributed by atoms with Crippen LogP contribution in [0, 0.1) is 0 Å². The van der Waals surface area contributed by atoms with Crippen LogP contribution in [0.25, 0.3) is 10.9 Å². The summed E-state index contributed by atoms with van der Waals surface area (Å²) in [5, 5.41) is 4.03. The van der Waals surface area contributed by atoms with E-state index < -0.39 is 0 Å². The van der Waals surface area contributed by atoms with Gasteiger partial charge in [-0.25, -0.2) is 0 Å². The first-order chi connectivity index (χ1) is 9.69. The van der Waals surface area contributed by atoms with Crippen molar-refractivity contribution in [2.75, 3.05) is 5.73 Å². The quantitative estimate of drug-likeness (QED) is 0.729. The second kappa shape index (κ2) is 4.24. The number of rotatable bonds is 2. The van der Waals surface area contributed by atoms with Crippen molar-refractivity contribution in [2.45, 2.75) is 37.5 Å². The van der Waals surface area contributed by atoms with Gasteiger partial charge in [-0.15, -0.1) is 0 Å². The van der Waals surface area contributed by atoms with E-state index in [9.17, 15) is 4.79 Å². The van der Waals surface area contributed by atoms with Crippen molar-refractivity contribution in [3.8, 4) is 0 Å². The van der Waals surface area contributed by atoms with Crippen molar-refractivity contribution in [1.82, 2.24) is 10.3 Å². The average molecular weight is 271 g/mol. The molecule has 1 amide bonds. The third-order valence-corrected chi connectivity index (χ3v) is 4.31. The Hall–Kier alpha value is -2.01. The molecule has 0 aliphatic carbocycles. The molecule has 0 spiro atoms. The number of ether oxygens (including phenoxy) is 1. The van der Waals surface area contributed by atoms with Crippen molar-refractivity contribution in [3.05, 3.63) is 30.0 Å². The van der Waals surface area contributed by atoms with Crippen LogP contribution in [0.5, 0.6) is 0 Å². The van der Waals surface area contributed by atoms with E-state index >= 15 is 0 Å². The number of amides is 1. The first-order valence-electron chi connectivity index (χ1n) is 7.03. The minimum Gasteiger partial charge on any atom is -0.399 e. The van der Waals surface area contributed by atoms with Crippen LogP contribution in [0.1, 0.15) is 29.8 Å². The smallest absolute Gasteiger partial charge is 0.268 e. The first-order valence-corrected chi connectivity index (χ1v) is 7.03. The number of nitrogens with one attached hydrogen (secondary N) is 2. The molecule has 5 heteroatoms. The molecule has 1 aromatic carbocycles. The van der Waals surface area contributed by atoms with Gasteiger partial charge in [0.1, 0.15) is 5.69 Å². The van der Waals surface area contributed by atoms with Gasteiger partial charge in [0, 0.05) is 16.6 Å². The number of aromatic amines is 1. The molecule has 0 saturated carbocycles. The van der Waals surface area contributed by atoms with Crippen LogP contribution in [0.15, 0.2) is 24.3 Å². The molecule has 2 aliphatic rings. The van der Waals surface area contributed by atoms with Crippen LogP contribution in [0.4, 0.5) is 5.69 Å². The lowest BCUT2D eigenvalue weighted by Gasteiger charge is -2.19. The zero-order chi connectivity index (χ0) is 13.7. The molecule has 0 radical (unpaired) electrons. The Kier molecular flexibility index (Phi) is 2.50. The van der Waals surface area contributed by atoms with Gasteiger partial charge >= 0.3 is 0 Å². The molecule has 20 heavy (non-hydrogen) atoms. The second-order valence-corrected chi connectivity index (χ2v) is 5.72. The zero-order valence-corrected chi connectivity index (χ0v) is 11.1. The molecule has 5 nitrogen and oxygen atoms in total. The summed E-state index contributed by atoms with van der Waals surface area (Å²) in [6, 6.07) is 7.57. The van der Waals surface area contributed by atoms with Crippen LogP contribution in [0.2, 0.25) is 0 Å². The highest BCUT2D eigenvalue weighted by Crippen LogP contribution is 2.34. The van der Waals surface area contributed by atoms with Gasteiger partial charge in [-0.3, -0.25) is 4.79 Å². The number of H-pyrrole nitrogens is 1. The normalized spacial score (nSPS) is 28.1. The molecular formula is C15H17N3O2. The van der Waals surface area contributed by atoms with Crippen molar-refractivity contribution in [3.63, 3.8) is 0 Å². The van der Waals surface area contributed by atoms with Crippen LogP contribution in [0.3, 0.4) is 0 Å². The molecule has 2 bridgehead atoms. The third-order valence-electron chi connectivity index (χ3n) is 4.31. The molecule has 2 saturated heterocycles. The highest BCUT2D eigenvalue weighted by molar-refractivity contribution is 5.98. The molecular weight excluding hydrogens is 254 g/mol. The van der Waals surface area contributed by atoms with E-state index in [1.807, 2.05) is 24.3 Å². The molecule has 104 valence electrons. The lowest BCUT2D eigenvalue weighted by atomic mass is 9.95. The number of anilines is 1. The molecule has 3 unspecified atom stereocenters. The summed E-state index contributed by atoms with van der Waals surface area (Å²) in [5.41, 5.74) is 7.95. The number of nitrogens with two attached hydrogens (primary N) is 1. The fraction of sp³-hybridized carbons (Fsp3) is 0.400. The van der Waals surface area contributed by atoms with Gasteiger partial charge in [0.25, 0.3) is 5.91 Å². The number of carbonyl (C=O) groups excluding carboxylic acids is 1. The molecule has 4 N–H and O–H groups in total. The first kappa shape index (κ1) is 11.8. The topological polar surface area (TPSA) is 80.1 Å². The number of benzene rings is 1. The lowest BCUT2D eigenvalue weighted by Crippen LogP contribution is -2.41. The van der Waals surface area contributed by atoms with Crippen molar-refractivity contribution < 1.29 is 9.53 Å². The number of carbonyl (C=O) groups is 1. The van der Waals surface area contributed by atoms with Gasteiger partial charge in [-0.05, 0) is 43.5 Å². The number of nitrogen functional groups attached to an aromatic ring is 1. The monoisotopic (exact) mass is 271 g/mol. The van der Waals surface area contributed by atoms with E-state index in [1.165, 1.54) is 0 Å². The number of fused-ring (bicyclic) bond motifs is 3. The Labute approximate surface area is 116 Å². The van der Waals surface area contributed by atoms with Gasteiger partial charge in [-0.1, -0.05) is 0 Å². The Morgan fingerprint density at radius 1 is 1.35 bits per heavy atom. The van der Waals surface area contributed by atoms with Gasteiger partial charge in [0.05, 0.1) is 18.2 Å². The van der Waals surface area contributed by atoms with Crippen LogP contribution in [-0.2, 0) is 4.74 Å². The summed E-state index contributed by atoms with van der Waals surface area (Å²) >= 11 is 0. The maximum Gasteiger partial charge on any atom is 0.268 e. The van der Waals surface area contributed by atoms with E-state index in [-0.39, 0.29) is 18.1 Å². The van der Waals surface area contributed by atoms with E-state index in [4.69, 9.17) is 10.5 Å². The maximum absolute atomic E-state index is 12.3. The third kappa shape index (κ3) is 1.86. The summed E-state index contributed by atoms with van der Waals surface area (Å²) in [4.78, 5) is 15.4. The Balaban J connectivity index is 1.54. The summed E-state index contributed by atoms with van der Waals surface area (Å²) in [6.45, 7) is 0. The fourth-order valence-corrected chi connectivity index (χ4v) is 3.31. The molecule has 2 aromatic rings. The molecule has 4 rings (SSSR count). The molecule has 1 aromatic heterocycles. The highest BCUT2D eigenvalue weighted by Gasteiger charge is 2.41. The van der Waals surface area contributed by atoms with Crippen molar-refractivity contribution >= 4 is 22.5 Å². The largest absolute Gasteiger partial charge is 0.399 e. The van der Waals surface area contributed by atoms with Gasteiger partial charge in [-0.2, -0.15) is 0 Å². The predicted molar refractivity (Wildman–Crippen MR) is 76.5 cm³/mol. The Bertz CT molecular complexity index is 679. The van der Waals surface area contributed by atoms with Gasteiger partial charge in [0.15, 0.2) is 0 Å². The Morgan fingerprint density at radius 2 is 2.25 bits per heavy atom. The lowest BCUT2D eigenvalue weighted by molar-refractivity contribution is 0.0838. The summed E-state index contributed by atoms with van der Waals surface area (Å²) in [6.07, 6.45) is 3.65. The van der Waals surface area contributed by atoms with Gasteiger partial charge < -0.3 is 20.8 Å². The average Bonchev–Trinajstić information content (AvgIpc) is 3.11. The number of hydrogen-bond acceptors (Lipinski definition) is 3. The predicted octanol–water partition coefficient (Wildman–Crippen LogP) is 1.80. The minimum absolute atomic E-state index is 0.0686. The van der Waals surface area contributed by atoms with E-state index in [0.717, 1.165) is 30.2 Å². The highest BCUT2D eigenvalue weighted by atomic mass is 16.5. The Morgan fingerprint density at radius 3 is 3.00 bits per heavy atom. The van der Waals surface area contributed by atoms with Gasteiger partial charge in [0.2, 0.25) is 0 Å².